The van der Waals surface area contributed by atoms with Gasteiger partial charge >= 0.3 is 39.5 Å². The van der Waals surface area contributed by atoms with Crippen LogP contribution >= 0.6 is 15.6 Å². The van der Waals surface area contributed by atoms with Crippen molar-refractivity contribution in [2.45, 2.75) is 387 Å². The molecule has 90 heavy (non-hydrogen) atoms. The maximum absolute atomic E-state index is 13.0. The Bertz CT molecular complexity index is 1740. The number of rotatable bonds is 71. The Labute approximate surface area is 549 Å². The Kier molecular flexibility index (Phi) is 63.0. The van der Waals surface area contributed by atoms with Gasteiger partial charge < -0.3 is 33.8 Å². The first-order chi connectivity index (χ1) is 43.6. The van der Waals surface area contributed by atoms with Crippen molar-refractivity contribution in [2.75, 3.05) is 39.6 Å². The second-order valence-corrected chi connectivity index (χ2v) is 28.8. The van der Waals surface area contributed by atoms with E-state index < -0.39 is 97.5 Å². The molecule has 3 unspecified atom stereocenters. The highest BCUT2D eigenvalue weighted by molar-refractivity contribution is 7.47. The Morgan fingerprint density at radius 2 is 0.533 bits per heavy atom. The van der Waals surface area contributed by atoms with Gasteiger partial charge in [0.05, 0.1) is 26.4 Å². The fourth-order valence-corrected chi connectivity index (χ4v) is 12.4. The van der Waals surface area contributed by atoms with Gasteiger partial charge in [0.2, 0.25) is 0 Å². The summed E-state index contributed by atoms with van der Waals surface area (Å²) in [7, 11) is -9.89. The van der Waals surface area contributed by atoms with Crippen molar-refractivity contribution in [2.24, 2.45) is 5.92 Å². The Morgan fingerprint density at radius 1 is 0.311 bits per heavy atom. The molecule has 19 heteroatoms. The van der Waals surface area contributed by atoms with Crippen LogP contribution in [0.25, 0.3) is 0 Å². The predicted molar refractivity (Wildman–Crippen MR) is 363 cm³/mol. The van der Waals surface area contributed by atoms with Gasteiger partial charge in [-0.3, -0.25) is 37.3 Å². The molecule has 0 aliphatic heterocycles. The van der Waals surface area contributed by atoms with Crippen LogP contribution in [0.4, 0.5) is 0 Å². The lowest BCUT2D eigenvalue weighted by Gasteiger charge is -2.21. The second kappa shape index (κ2) is 64.4. The lowest BCUT2D eigenvalue weighted by Crippen LogP contribution is -2.30. The third-order valence-electron chi connectivity index (χ3n) is 16.9. The Balaban J connectivity index is 5.11. The van der Waals surface area contributed by atoms with Gasteiger partial charge in [0, 0.05) is 25.7 Å². The molecule has 17 nitrogen and oxygen atoms in total. The maximum atomic E-state index is 13.0. The first-order valence-corrected chi connectivity index (χ1v) is 40.2. The van der Waals surface area contributed by atoms with E-state index in [-0.39, 0.29) is 25.7 Å². The minimum absolute atomic E-state index is 0.102. The van der Waals surface area contributed by atoms with Crippen LogP contribution < -0.4 is 0 Å². The molecule has 0 amide bonds. The zero-order valence-corrected chi connectivity index (χ0v) is 60.1. The number of carbonyl (C=O) groups is 4. The average Bonchev–Trinajstić information content (AvgIpc) is 3.05. The minimum Gasteiger partial charge on any atom is -0.462 e. The van der Waals surface area contributed by atoms with Gasteiger partial charge in [-0.1, -0.05) is 317 Å². The number of phosphoric acid groups is 2. The molecule has 0 heterocycles. The lowest BCUT2D eigenvalue weighted by atomic mass is 10.00. The highest BCUT2D eigenvalue weighted by atomic mass is 31.2. The summed E-state index contributed by atoms with van der Waals surface area (Å²) in [5.41, 5.74) is 0. The first-order valence-electron chi connectivity index (χ1n) is 37.2. The van der Waals surface area contributed by atoms with Gasteiger partial charge in [-0.2, -0.15) is 0 Å². The predicted octanol–water partition coefficient (Wildman–Crippen LogP) is 20.5. The molecule has 0 aromatic carbocycles. The zero-order chi connectivity index (χ0) is 66.3. The summed E-state index contributed by atoms with van der Waals surface area (Å²) in [6.45, 7) is 7.11. The van der Waals surface area contributed by atoms with E-state index in [1.165, 1.54) is 186 Å². The van der Waals surface area contributed by atoms with Crippen molar-refractivity contribution in [1.82, 2.24) is 0 Å². The van der Waals surface area contributed by atoms with Crippen LogP contribution in [0.5, 0.6) is 0 Å². The summed E-state index contributed by atoms with van der Waals surface area (Å²) >= 11 is 0. The van der Waals surface area contributed by atoms with Crippen LogP contribution in [-0.2, 0) is 65.4 Å². The average molecular weight is 1330 g/mol. The van der Waals surface area contributed by atoms with Crippen LogP contribution in [0.1, 0.15) is 369 Å². The molecule has 0 saturated heterocycles. The molecule has 0 aliphatic rings. The summed E-state index contributed by atoms with van der Waals surface area (Å²) in [5.74, 6) is -1.42. The lowest BCUT2D eigenvalue weighted by molar-refractivity contribution is -0.161. The van der Waals surface area contributed by atoms with Gasteiger partial charge in [0.1, 0.15) is 19.3 Å². The highest BCUT2D eigenvalue weighted by Crippen LogP contribution is 2.45. The highest BCUT2D eigenvalue weighted by Gasteiger charge is 2.30. The molecule has 6 atom stereocenters. The molecule has 3 N–H and O–H groups in total. The van der Waals surface area contributed by atoms with E-state index in [1.54, 1.807) is 0 Å². The number of aliphatic hydroxyl groups is 1. The van der Waals surface area contributed by atoms with Crippen LogP contribution in [-0.4, -0.2) is 96.7 Å². The maximum Gasteiger partial charge on any atom is 0.472 e. The summed E-state index contributed by atoms with van der Waals surface area (Å²) in [5, 5.41) is 10.6. The molecular formula is C71H138O17P2. The van der Waals surface area contributed by atoms with E-state index in [4.69, 9.17) is 37.0 Å². The van der Waals surface area contributed by atoms with Gasteiger partial charge in [-0.05, 0) is 31.6 Å². The minimum atomic E-state index is -4.95. The fourth-order valence-electron chi connectivity index (χ4n) is 10.8. The smallest absolute Gasteiger partial charge is 0.462 e. The number of phosphoric ester groups is 2. The largest absolute Gasteiger partial charge is 0.472 e. The van der Waals surface area contributed by atoms with Crippen molar-refractivity contribution >= 4 is 39.5 Å². The molecule has 0 aliphatic carbocycles. The van der Waals surface area contributed by atoms with Gasteiger partial charge in [-0.15, -0.1) is 0 Å². The fraction of sp³-hybridized carbons (Fsp3) is 0.944. The van der Waals surface area contributed by atoms with E-state index in [0.29, 0.717) is 25.7 Å². The molecule has 0 saturated carbocycles. The van der Waals surface area contributed by atoms with E-state index in [0.717, 1.165) is 102 Å². The molecule has 0 spiro atoms. The monoisotopic (exact) mass is 1320 g/mol. The third-order valence-corrected chi connectivity index (χ3v) is 18.8. The van der Waals surface area contributed by atoms with E-state index >= 15 is 0 Å². The van der Waals surface area contributed by atoms with Crippen molar-refractivity contribution in [3.63, 3.8) is 0 Å². The van der Waals surface area contributed by atoms with Crippen molar-refractivity contribution in [3.8, 4) is 0 Å². The van der Waals surface area contributed by atoms with Gasteiger partial charge in [-0.25, -0.2) is 9.13 Å². The summed E-state index contributed by atoms with van der Waals surface area (Å²) in [4.78, 5) is 72.2. The van der Waals surface area contributed by atoms with E-state index in [1.807, 2.05) is 0 Å². The summed E-state index contributed by atoms with van der Waals surface area (Å²) in [6.07, 6.45) is 52.0. The molecule has 0 bridgehead atoms. The standard InChI is InChI=1S/C71H138O17P2/c1-6-10-13-16-18-20-22-24-26-27-28-29-30-31-32-34-36-38-40-46-51-56-70(75)87-67(61-82-69(74)55-50-45-39-37-35-33-25-23-21-19-17-14-11-7-2)63-86-90(79,80)84-59-65(72)58-83-89(77,78)85-62-66(60-81-68(73)54-49-43-15-12-8-3)88-71(76)57-52-47-42-41-44-48-53-64(5)9-4/h64-67,72H,6-63H2,1-5H3,(H,77,78)(H,79,80)/t64?,65-,66+,67+/m0/s1. The Morgan fingerprint density at radius 3 is 0.789 bits per heavy atom. The number of hydrogen-bond acceptors (Lipinski definition) is 15. The first kappa shape index (κ1) is 88.1. The number of ether oxygens (including phenoxy) is 4. The molecule has 0 aromatic rings. The van der Waals surface area contributed by atoms with Crippen molar-refractivity contribution < 1.29 is 80.2 Å². The van der Waals surface area contributed by atoms with Crippen molar-refractivity contribution in [1.29, 1.82) is 0 Å². The molecule has 0 radical (unpaired) electrons. The van der Waals surface area contributed by atoms with Crippen LogP contribution in [0.3, 0.4) is 0 Å². The number of esters is 4. The van der Waals surface area contributed by atoms with Crippen LogP contribution in [0.15, 0.2) is 0 Å². The van der Waals surface area contributed by atoms with E-state index in [9.17, 15) is 43.2 Å². The number of hydrogen-bond donors (Lipinski definition) is 3. The van der Waals surface area contributed by atoms with Gasteiger partial charge in [0.25, 0.3) is 0 Å². The summed E-state index contributed by atoms with van der Waals surface area (Å²) < 4.78 is 68.1. The molecule has 0 fully saturated rings. The topological polar surface area (TPSA) is 237 Å². The van der Waals surface area contributed by atoms with E-state index in [2.05, 4.69) is 34.6 Å². The zero-order valence-electron chi connectivity index (χ0n) is 58.3. The SMILES string of the molecule is CCCCCCCCCCCCCCCCCCCCCCCC(=O)O[C@H](COC(=O)CCCCCCCCCCCCCCCC)COP(=O)(O)OC[C@@H](O)COP(=O)(O)OC[C@@H](COC(=O)CCCCCCC)OC(=O)CCCCCCCCC(C)CC. The molecule has 534 valence electrons. The Hall–Kier alpha value is -1.94. The normalized spacial score (nSPS) is 14.4. The van der Waals surface area contributed by atoms with Crippen molar-refractivity contribution in [3.05, 3.63) is 0 Å². The molecule has 0 aromatic heterocycles. The number of unbranched alkanes of at least 4 members (excludes halogenated alkanes) is 42. The van der Waals surface area contributed by atoms with Crippen LogP contribution in [0, 0.1) is 5.92 Å². The second-order valence-electron chi connectivity index (χ2n) is 25.9. The van der Waals surface area contributed by atoms with Gasteiger partial charge in [0.15, 0.2) is 12.2 Å². The van der Waals surface area contributed by atoms with Crippen LogP contribution in [0.2, 0.25) is 0 Å². The number of aliphatic hydroxyl groups excluding tert-OH is 1. The summed E-state index contributed by atoms with van der Waals surface area (Å²) in [6, 6.07) is 0. The third kappa shape index (κ3) is 63.5. The number of carbonyl (C=O) groups excluding carboxylic acids is 4. The molecular weight excluding hydrogens is 1190 g/mol. The molecule has 0 rings (SSSR count). The quantitative estimate of drug-likeness (QED) is 0.0222.